The summed E-state index contributed by atoms with van der Waals surface area (Å²) < 4.78 is 0. The van der Waals surface area contributed by atoms with Crippen LogP contribution in [0.3, 0.4) is 0 Å². The maximum atomic E-state index is 9.49. The molecule has 0 aromatic carbocycles. The zero-order valence-electron chi connectivity index (χ0n) is 7.49. The third-order valence-corrected chi connectivity index (χ3v) is 1.30. The molecule has 1 N–H and O–H groups in total. The van der Waals surface area contributed by atoms with Crippen molar-refractivity contribution in [3.8, 4) is 0 Å². The van der Waals surface area contributed by atoms with Crippen LogP contribution in [0.1, 0.15) is 6.92 Å². The van der Waals surface area contributed by atoms with Gasteiger partial charge in [-0.15, -0.1) is 0 Å². The Morgan fingerprint density at radius 2 is 2.00 bits per heavy atom. The van der Waals surface area contributed by atoms with Crippen LogP contribution in [-0.4, -0.2) is 30.9 Å². The van der Waals surface area contributed by atoms with Crippen LogP contribution in [0.4, 0.5) is 0 Å². The van der Waals surface area contributed by atoms with Crippen molar-refractivity contribution in [2.24, 2.45) is 5.92 Å². The van der Waals surface area contributed by atoms with Gasteiger partial charge in [0.15, 0.2) is 0 Å². The number of hydrogen-bond acceptors (Lipinski definition) is 5. The molecule has 0 bridgehead atoms. The third-order valence-electron chi connectivity index (χ3n) is 1.30. The Morgan fingerprint density at radius 1 is 1.62 bits per heavy atom. The number of carbonyl (C=O) groups excluding carboxylic acids is 1. The quantitative estimate of drug-likeness (QED) is 0.439. The van der Waals surface area contributed by atoms with Crippen molar-refractivity contribution in [1.82, 2.24) is 0 Å². The van der Waals surface area contributed by atoms with Crippen molar-refractivity contribution in [1.29, 1.82) is 0 Å². The third kappa shape index (κ3) is 6.27. The number of hydrogen-bond donors (Lipinski definition) is 1. The van der Waals surface area contributed by atoms with Crippen LogP contribution < -0.4 is 5.11 Å². The van der Waals surface area contributed by atoms with E-state index in [1.807, 2.05) is 0 Å². The predicted molar refractivity (Wildman–Crippen MR) is 42.3 cm³/mol. The Labute approximate surface area is 76.5 Å². The van der Waals surface area contributed by atoms with Gasteiger partial charge in [0.05, 0.1) is 25.8 Å². The van der Waals surface area contributed by atoms with Gasteiger partial charge in [-0.05, 0) is 12.5 Å². The number of aliphatic carboxylic acids is 1. The highest BCUT2D eigenvalue weighted by molar-refractivity contribution is 5.82. The van der Waals surface area contributed by atoms with Gasteiger partial charge in [0.2, 0.25) is 0 Å². The second-order valence-electron chi connectivity index (χ2n) is 2.69. The molecule has 1 aliphatic heterocycles. The maximum Gasteiger partial charge on any atom is 0.0895 e. The monoisotopic (exact) mass is 189 g/mol. The lowest BCUT2D eigenvalue weighted by Crippen LogP contribution is -2.22. The van der Waals surface area contributed by atoms with Gasteiger partial charge in [-0.1, -0.05) is 6.58 Å². The molecule has 0 amide bonds. The van der Waals surface area contributed by atoms with Crippen LogP contribution in [0.25, 0.3) is 0 Å². The SMILES string of the molecule is C=C(C)C(=O)[O-].OCC1COOC1. The predicted octanol–water partition coefficient (Wildman–Crippen LogP) is -1.13. The van der Waals surface area contributed by atoms with Crippen LogP contribution in [0.5, 0.6) is 0 Å². The number of aliphatic hydroxyl groups is 1. The van der Waals surface area contributed by atoms with E-state index >= 15 is 0 Å². The molecular formula is C8H13O5-. The summed E-state index contributed by atoms with van der Waals surface area (Å²) in [5, 5.41) is 17.9. The molecule has 0 aliphatic carbocycles. The van der Waals surface area contributed by atoms with E-state index in [1.54, 1.807) is 0 Å². The van der Waals surface area contributed by atoms with E-state index in [9.17, 15) is 9.90 Å². The van der Waals surface area contributed by atoms with Crippen molar-refractivity contribution in [2.75, 3.05) is 19.8 Å². The summed E-state index contributed by atoms with van der Waals surface area (Å²) in [6.45, 7) is 5.72. The summed E-state index contributed by atoms with van der Waals surface area (Å²) in [6, 6.07) is 0. The van der Waals surface area contributed by atoms with E-state index in [-0.39, 0.29) is 18.1 Å². The number of carbonyl (C=O) groups is 1. The van der Waals surface area contributed by atoms with Gasteiger partial charge in [-0.25, -0.2) is 9.78 Å². The zero-order valence-corrected chi connectivity index (χ0v) is 7.49. The topological polar surface area (TPSA) is 78.8 Å². The minimum absolute atomic E-state index is 0.0648. The molecule has 0 saturated carbocycles. The van der Waals surface area contributed by atoms with Crippen LogP contribution in [0.15, 0.2) is 12.2 Å². The molecule has 76 valence electrons. The Balaban J connectivity index is 0.000000226. The molecule has 5 nitrogen and oxygen atoms in total. The molecule has 1 aliphatic rings. The average Bonchev–Trinajstić information content (AvgIpc) is 2.56. The molecule has 1 rings (SSSR count). The Hall–Kier alpha value is -0.910. The summed E-state index contributed by atoms with van der Waals surface area (Å²) >= 11 is 0. The summed E-state index contributed by atoms with van der Waals surface area (Å²) in [5.41, 5.74) is 0.0648. The average molecular weight is 189 g/mol. The van der Waals surface area contributed by atoms with Gasteiger partial charge >= 0.3 is 0 Å². The highest BCUT2D eigenvalue weighted by Gasteiger charge is 2.14. The van der Waals surface area contributed by atoms with Crippen molar-refractivity contribution in [2.45, 2.75) is 6.92 Å². The Morgan fingerprint density at radius 3 is 2.15 bits per heavy atom. The normalized spacial score (nSPS) is 16.2. The molecule has 0 unspecified atom stereocenters. The first-order valence-electron chi connectivity index (χ1n) is 3.80. The molecule has 0 radical (unpaired) electrons. The summed E-state index contributed by atoms with van der Waals surface area (Å²) in [5.74, 6) is -0.977. The van der Waals surface area contributed by atoms with Crippen molar-refractivity contribution < 1.29 is 24.8 Å². The molecule has 1 saturated heterocycles. The first-order valence-corrected chi connectivity index (χ1v) is 3.80. The molecule has 0 atom stereocenters. The first-order chi connectivity index (χ1) is 6.07. The number of rotatable bonds is 2. The van der Waals surface area contributed by atoms with Gasteiger partial charge in [-0.2, -0.15) is 0 Å². The lowest BCUT2D eigenvalue weighted by Gasteiger charge is -1.93. The number of carboxylic acid groups (broad SMARTS) is 1. The van der Waals surface area contributed by atoms with E-state index < -0.39 is 5.97 Å². The van der Waals surface area contributed by atoms with Crippen LogP contribution in [-0.2, 0) is 14.6 Å². The van der Waals surface area contributed by atoms with E-state index in [4.69, 9.17) is 5.11 Å². The second kappa shape index (κ2) is 6.59. The Kier molecular flexibility index (Phi) is 6.13. The minimum Gasteiger partial charge on any atom is -0.545 e. The highest BCUT2D eigenvalue weighted by Crippen LogP contribution is 2.04. The van der Waals surface area contributed by atoms with E-state index in [2.05, 4.69) is 16.4 Å². The highest BCUT2D eigenvalue weighted by atomic mass is 17.2. The van der Waals surface area contributed by atoms with Gasteiger partial charge in [0, 0.05) is 5.92 Å². The fourth-order valence-corrected chi connectivity index (χ4v) is 0.442. The molecule has 1 fully saturated rings. The molecule has 0 aromatic heterocycles. The Bertz CT molecular complexity index is 159. The van der Waals surface area contributed by atoms with Gasteiger partial charge in [0.1, 0.15) is 0 Å². The van der Waals surface area contributed by atoms with Gasteiger partial charge < -0.3 is 15.0 Å². The van der Waals surface area contributed by atoms with E-state index in [0.29, 0.717) is 13.2 Å². The lowest BCUT2D eigenvalue weighted by atomic mass is 10.2. The van der Waals surface area contributed by atoms with Crippen LogP contribution >= 0.6 is 0 Å². The van der Waals surface area contributed by atoms with E-state index in [0.717, 1.165) is 0 Å². The number of aliphatic hydroxyl groups excluding tert-OH is 1. The van der Waals surface area contributed by atoms with Crippen molar-refractivity contribution in [3.63, 3.8) is 0 Å². The standard InChI is InChI=1S/C4H8O3.C4H6O2/c5-1-4-2-6-7-3-4;1-3(2)4(5)6/h4-5H,1-3H2;1H2,2H3,(H,5,6)/p-1. The van der Waals surface area contributed by atoms with Gasteiger partial charge in [-0.3, -0.25) is 0 Å². The fourth-order valence-electron chi connectivity index (χ4n) is 0.442. The van der Waals surface area contributed by atoms with Crippen molar-refractivity contribution in [3.05, 3.63) is 12.2 Å². The van der Waals surface area contributed by atoms with Gasteiger partial charge in [0.25, 0.3) is 0 Å². The summed E-state index contributed by atoms with van der Waals surface area (Å²) in [6.07, 6.45) is 0. The second-order valence-corrected chi connectivity index (χ2v) is 2.69. The smallest absolute Gasteiger partial charge is 0.0895 e. The fraction of sp³-hybridized carbons (Fsp3) is 0.625. The largest absolute Gasteiger partial charge is 0.545 e. The molecule has 1 heterocycles. The molecular weight excluding hydrogens is 176 g/mol. The van der Waals surface area contributed by atoms with Crippen molar-refractivity contribution >= 4 is 5.97 Å². The molecule has 0 aromatic rings. The summed E-state index contributed by atoms with van der Waals surface area (Å²) in [4.78, 5) is 18.5. The minimum atomic E-state index is -1.19. The molecule has 5 heteroatoms. The molecule has 0 spiro atoms. The summed E-state index contributed by atoms with van der Waals surface area (Å²) in [7, 11) is 0. The van der Waals surface area contributed by atoms with Crippen LogP contribution in [0.2, 0.25) is 0 Å². The molecule has 13 heavy (non-hydrogen) atoms. The number of carboxylic acids is 1. The van der Waals surface area contributed by atoms with Crippen LogP contribution in [0, 0.1) is 5.92 Å². The zero-order chi connectivity index (χ0) is 10.3. The lowest BCUT2D eigenvalue weighted by molar-refractivity contribution is -0.299. The maximum absolute atomic E-state index is 9.49. The van der Waals surface area contributed by atoms with E-state index in [1.165, 1.54) is 6.92 Å². The first kappa shape index (κ1) is 12.1.